The fourth-order valence-corrected chi connectivity index (χ4v) is 1.19. The van der Waals surface area contributed by atoms with Crippen molar-refractivity contribution in [2.45, 2.75) is 26.4 Å². The molecule has 80 valence electrons. The van der Waals surface area contributed by atoms with Gasteiger partial charge in [0.15, 0.2) is 0 Å². The highest BCUT2D eigenvalue weighted by molar-refractivity contribution is 5.93. The van der Waals surface area contributed by atoms with Crippen molar-refractivity contribution in [2.75, 3.05) is 0 Å². The summed E-state index contributed by atoms with van der Waals surface area (Å²) >= 11 is 0. The molecule has 0 aliphatic heterocycles. The Morgan fingerprint density at radius 3 is 2.80 bits per heavy atom. The van der Waals surface area contributed by atoms with E-state index in [1.807, 2.05) is 32.0 Å². The van der Waals surface area contributed by atoms with E-state index in [2.05, 4.69) is 6.58 Å². The zero-order valence-electron chi connectivity index (χ0n) is 9.19. The van der Waals surface area contributed by atoms with E-state index in [1.54, 1.807) is 12.1 Å². The third kappa shape index (κ3) is 2.94. The van der Waals surface area contributed by atoms with Gasteiger partial charge in [0, 0.05) is 0 Å². The number of hydrogen-bond donors (Lipinski definition) is 0. The Bertz CT molecular complexity index is 355. The van der Waals surface area contributed by atoms with Gasteiger partial charge in [-0.1, -0.05) is 37.8 Å². The zero-order valence-corrected chi connectivity index (χ0v) is 9.19. The molecule has 0 saturated carbocycles. The van der Waals surface area contributed by atoms with Crippen molar-refractivity contribution in [2.24, 2.45) is 0 Å². The highest BCUT2D eigenvalue weighted by atomic mass is 16.5. The summed E-state index contributed by atoms with van der Waals surface area (Å²) in [6.45, 7) is 7.53. The third-order valence-electron chi connectivity index (χ3n) is 2.28. The van der Waals surface area contributed by atoms with E-state index in [9.17, 15) is 4.79 Å². The molecule has 1 aromatic carbocycles. The molecule has 0 aromatic heterocycles. The smallest absolute Gasteiger partial charge is 0.338 e. The first-order valence-electron chi connectivity index (χ1n) is 5.11. The summed E-state index contributed by atoms with van der Waals surface area (Å²) in [4.78, 5) is 11.7. The third-order valence-corrected chi connectivity index (χ3v) is 2.28. The summed E-state index contributed by atoms with van der Waals surface area (Å²) in [5, 5.41) is 0. The molecule has 15 heavy (non-hydrogen) atoms. The van der Waals surface area contributed by atoms with Crippen LogP contribution in [0.25, 0.3) is 6.08 Å². The first-order valence-corrected chi connectivity index (χ1v) is 5.11. The van der Waals surface area contributed by atoms with Crippen LogP contribution in [0.1, 0.15) is 36.2 Å². The number of esters is 1. The van der Waals surface area contributed by atoms with Gasteiger partial charge in [-0.2, -0.15) is 0 Å². The van der Waals surface area contributed by atoms with Crippen LogP contribution in [-0.4, -0.2) is 12.1 Å². The van der Waals surface area contributed by atoms with Crippen LogP contribution in [0.2, 0.25) is 0 Å². The molecule has 0 heterocycles. The van der Waals surface area contributed by atoms with Crippen LogP contribution in [0.4, 0.5) is 0 Å². The number of benzene rings is 1. The SMILES string of the molecule is C=Cc1ccccc1C(=O)OC(C)CC. The second-order valence-electron chi connectivity index (χ2n) is 3.42. The first-order chi connectivity index (χ1) is 7.19. The molecule has 0 aliphatic carbocycles. The van der Waals surface area contributed by atoms with Crippen molar-refractivity contribution >= 4 is 12.0 Å². The Hall–Kier alpha value is -1.57. The second kappa shape index (κ2) is 5.35. The van der Waals surface area contributed by atoms with Crippen LogP contribution >= 0.6 is 0 Å². The van der Waals surface area contributed by atoms with Crippen LogP contribution in [0.3, 0.4) is 0 Å². The molecule has 0 bridgehead atoms. The number of rotatable bonds is 4. The Morgan fingerprint density at radius 2 is 2.20 bits per heavy atom. The van der Waals surface area contributed by atoms with E-state index >= 15 is 0 Å². The van der Waals surface area contributed by atoms with E-state index in [4.69, 9.17) is 4.74 Å². The number of carbonyl (C=O) groups excluding carboxylic acids is 1. The standard InChI is InChI=1S/C13H16O2/c1-4-10(3)15-13(14)12-9-7-6-8-11(12)5-2/h5-10H,2,4H2,1,3H3. The Labute approximate surface area is 90.6 Å². The van der Waals surface area contributed by atoms with Gasteiger partial charge in [0.2, 0.25) is 0 Å². The fraction of sp³-hybridized carbons (Fsp3) is 0.308. The fourth-order valence-electron chi connectivity index (χ4n) is 1.19. The molecule has 0 fully saturated rings. The normalized spacial score (nSPS) is 11.9. The predicted octanol–water partition coefficient (Wildman–Crippen LogP) is 3.28. The average Bonchev–Trinajstić information content (AvgIpc) is 2.28. The molecule has 0 radical (unpaired) electrons. The molecule has 1 rings (SSSR count). The van der Waals surface area contributed by atoms with Crippen LogP contribution in [-0.2, 0) is 4.74 Å². The molecule has 0 spiro atoms. The van der Waals surface area contributed by atoms with Gasteiger partial charge < -0.3 is 4.74 Å². The largest absolute Gasteiger partial charge is 0.459 e. The number of carbonyl (C=O) groups is 1. The summed E-state index contributed by atoms with van der Waals surface area (Å²) in [6.07, 6.45) is 2.44. The molecule has 0 N–H and O–H groups in total. The van der Waals surface area contributed by atoms with Gasteiger partial charge in [-0.3, -0.25) is 0 Å². The summed E-state index contributed by atoms with van der Waals surface area (Å²) in [5.41, 5.74) is 1.39. The molecule has 2 heteroatoms. The summed E-state index contributed by atoms with van der Waals surface area (Å²) < 4.78 is 5.24. The van der Waals surface area contributed by atoms with Crippen molar-refractivity contribution < 1.29 is 9.53 Å². The maximum Gasteiger partial charge on any atom is 0.338 e. The second-order valence-corrected chi connectivity index (χ2v) is 3.42. The van der Waals surface area contributed by atoms with E-state index < -0.39 is 0 Å². The van der Waals surface area contributed by atoms with Gasteiger partial charge in [-0.05, 0) is 25.0 Å². The molecule has 1 unspecified atom stereocenters. The van der Waals surface area contributed by atoms with Crippen LogP contribution in [0.15, 0.2) is 30.8 Å². The Morgan fingerprint density at radius 1 is 1.53 bits per heavy atom. The summed E-state index contributed by atoms with van der Waals surface area (Å²) in [7, 11) is 0. The lowest BCUT2D eigenvalue weighted by Gasteiger charge is -2.11. The van der Waals surface area contributed by atoms with Gasteiger partial charge >= 0.3 is 5.97 Å². The number of ether oxygens (including phenoxy) is 1. The van der Waals surface area contributed by atoms with Crippen LogP contribution < -0.4 is 0 Å². The minimum atomic E-state index is -0.278. The molecule has 0 amide bonds. The Kier molecular flexibility index (Phi) is 4.10. The minimum Gasteiger partial charge on any atom is -0.459 e. The van der Waals surface area contributed by atoms with Crippen molar-refractivity contribution in [3.63, 3.8) is 0 Å². The van der Waals surface area contributed by atoms with E-state index in [1.165, 1.54) is 0 Å². The molecule has 0 aliphatic rings. The van der Waals surface area contributed by atoms with E-state index in [0.29, 0.717) is 5.56 Å². The molecule has 1 atom stereocenters. The average molecular weight is 204 g/mol. The highest BCUT2D eigenvalue weighted by Gasteiger charge is 2.12. The molecule has 2 nitrogen and oxygen atoms in total. The van der Waals surface area contributed by atoms with Crippen LogP contribution in [0, 0.1) is 0 Å². The van der Waals surface area contributed by atoms with Gasteiger partial charge in [-0.15, -0.1) is 0 Å². The Balaban J connectivity index is 2.86. The highest BCUT2D eigenvalue weighted by Crippen LogP contribution is 2.12. The lowest BCUT2D eigenvalue weighted by atomic mass is 10.1. The topological polar surface area (TPSA) is 26.3 Å². The maximum atomic E-state index is 11.7. The number of hydrogen-bond acceptors (Lipinski definition) is 2. The van der Waals surface area contributed by atoms with Gasteiger partial charge in [-0.25, -0.2) is 4.79 Å². The lowest BCUT2D eigenvalue weighted by molar-refractivity contribution is 0.0334. The predicted molar refractivity (Wildman–Crippen MR) is 61.7 cm³/mol. The van der Waals surface area contributed by atoms with Crippen molar-refractivity contribution in [3.05, 3.63) is 42.0 Å². The molecular weight excluding hydrogens is 188 g/mol. The summed E-state index contributed by atoms with van der Waals surface area (Å²) in [5.74, 6) is -0.278. The summed E-state index contributed by atoms with van der Waals surface area (Å²) in [6, 6.07) is 7.29. The molecule has 1 aromatic rings. The molecule has 0 saturated heterocycles. The molecular formula is C13H16O2. The van der Waals surface area contributed by atoms with E-state index in [0.717, 1.165) is 12.0 Å². The lowest BCUT2D eigenvalue weighted by Crippen LogP contribution is -2.14. The van der Waals surface area contributed by atoms with Crippen molar-refractivity contribution in [1.82, 2.24) is 0 Å². The van der Waals surface area contributed by atoms with Crippen LogP contribution in [0.5, 0.6) is 0 Å². The van der Waals surface area contributed by atoms with Gasteiger partial charge in [0.25, 0.3) is 0 Å². The monoisotopic (exact) mass is 204 g/mol. The van der Waals surface area contributed by atoms with E-state index in [-0.39, 0.29) is 12.1 Å². The van der Waals surface area contributed by atoms with Gasteiger partial charge in [0.1, 0.15) is 0 Å². The van der Waals surface area contributed by atoms with Crippen molar-refractivity contribution in [3.8, 4) is 0 Å². The minimum absolute atomic E-state index is 0.0460. The zero-order chi connectivity index (χ0) is 11.3. The first kappa shape index (κ1) is 11.5. The maximum absolute atomic E-state index is 11.7. The van der Waals surface area contributed by atoms with Gasteiger partial charge in [0.05, 0.1) is 11.7 Å². The quantitative estimate of drug-likeness (QED) is 0.703. The van der Waals surface area contributed by atoms with Crippen molar-refractivity contribution in [1.29, 1.82) is 0 Å².